The average molecular weight is 588 g/mol. The number of hydrogen-bond acceptors (Lipinski definition) is 6. The number of halogens is 1. The Bertz CT molecular complexity index is 1670. The molecule has 4 aromatic rings. The number of nitrogens with one attached hydrogen (secondary N) is 2. The van der Waals surface area contributed by atoms with E-state index in [-0.39, 0.29) is 18.2 Å². The van der Waals surface area contributed by atoms with Crippen LogP contribution < -0.4 is 16.4 Å². The van der Waals surface area contributed by atoms with Crippen LogP contribution >= 0.6 is 22.9 Å². The summed E-state index contributed by atoms with van der Waals surface area (Å²) >= 11 is 7.54. The van der Waals surface area contributed by atoms with Gasteiger partial charge < -0.3 is 21.1 Å². The number of amides is 3. The Labute approximate surface area is 247 Å². The van der Waals surface area contributed by atoms with E-state index in [0.29, 0.717) is 28.8 Å². The summed E-state index contributed by atoms with van der Waals surface area (Å²) in [5.41, 5.74) is 9.64. The lowest BCUT2D eigenvalue weighted by Gasteiger charge is -2.26. The lowest BCUT2D eigenvalue weighted by Crippen LogP contribution is -2.39. The lowest BCUT2D eigenvalue weighted by atomic mass is 10.0. The molecule has 2 aromatic heterocycles. The van der Waals surface area contributed by atoms with Crippen molar-refractivity contribution in [2.75, 3.05) is 22.9 Å². The molecule has 41 heavy (non-hydrogen) atoms. The van der Waals surface area contributed by atoms with Gasteiger partial charge in [0.25, 0.3) is 0 Å². The predicted octanol–water partition coefficient (Wildman–Crippen LogP) is 7.59. The number of nitrogens with zero attached hydrogens (tertiary/aromatic N) is 2. The van der Waals surface area contributed by atoms with Crippen LogP contribution in [0, 0.1) is 11.8 Å². The third-order valence-electron chi connectivity index (χ3n) is 6.42. The second-order valence-electron chi connectivity index (χ2n) is 10.7. The molecule has 0 aliphatic carbocycles. The topological polar surface area (TPSA) is 110 Å². The molecular formula is C31H30ClN5O3S. The molecule has 3 amide bonds. The molecule has 1 atom stereocenters. The molecule has 0 saturated carbocycles. The summed E-state index contributed by atoms with van der Waals surface area (Å²) < 4.78 is 6.50. The number of urea groups is 1. The van der Waals surface area contributed by atoms with E-state index in [9.17, 15) is 9.59 Å². The number of nitrogens with two attached hydrogens (primary N) is 1. The quantitative estimate of drug-likeness (QED) is 0.214. The van der Waals surface area contributed by atoms with E-state index in [0.717, 1.165) is 39.6 Å². The Kier molecular flexibility index (Phi) is 8.06. The Balaban J connectivity index is 1.34. The first kappa shape index (κ1) is 28.3. The van der Waals surface area contributed by atoms with Crippen LogP contribution in [0.3, 0.4) is 0 Å². The highest BCUT2D eigenvalue weighted by Crippen LogP contribution is 2.38. The molecular weight excluding hydrogens is 558 g/mol. The SMILES string of the molecule is CC(C)(C)OC(=O)N1CCC[C@H]1C#Cc1cnc(N)c2c(-c3ccc(NC(=O)Nc4cccc(Cl)c4)cc3)csc12. The number of likely N-dealkylation sites (tertiary alicyclic amines) is 1. The smallest absolute Gasteiger partial charge is 0.411 e. The Hall–Kier alpha value is -4.26. The Morgan fingerprint density at radius 1 is 1.15 bits per heavy atom. The van der Waals surface area contributed by atoms with Gasteiger partial charge in [-0.25, -0.2) is 14.6 Å². The van der Waals surface area contributed by atoms with Gasteiger partial charge in [-0.15, -0.1) is 11.3 Å². The van der Waals surface area contributed by atoms with Crippen LogP contribution in [0.5, 0.6) is 0 Å². The summed E-state index contributed by atoms with van der Waals surface area (Å²) in [6, 6.07) is 13.9. The van der Waals surface area contributed by atoms with Crippen LogP contribution in [-0.4, -0.2) is 40.2 Å². The molecule has 4 N–H and O–H groups in total. The van der Waals surface area contributed by atoms with Crippen molar-refractivity contribution in [2.45, 2.75) is 45.3 Å². The van der Waals surface area contributed by atoms with Gasteiger partial charge in [-0.2, -0.15) is 0 Å². The van der Waals surface area contributed by atoms with Crippen molar-refractivity contribution in [3.8, 4) is 23.0 Å². The van der Waals surface area contributed by atoms with Gasteiger partial charge in [0.2, 0.25) is 0 Å². The van der Waals surface area contributed by atoms with Crippen LogP contribution in [0.25, 0.3) is 21.2 Å². The van der Waals surface area contributed by atoms with E-state index in [2.05, 4.69) is 27.5 Å². The largest absolute Gasteiger partial charge is 0.444 e. The molecule has 1 fully saturated rings. The second kappa shape index (κ2) is 11.7. The normalized spacial score (nSPS) is 14.8. The maximum Gasteiger partial charge on any atom is 0.411 e. The van der Waals surface area contributed by atoms with Gasteiger partial charge in [0, 0.05) is 40.1 Å². The van der Waals surface area contributed by atoms with Crippen molar-refractivity contribution >= 4 is 62.3 Å². The van der Waals surface area contributed by atoms with Gasteiger partial charge >= 0.3 is 12.1 Å². The van der Waals surface area contributed by atoms with Crippen LogP contribution in [0.4, 0.5) is 26.8 Å². The number of fused-ring (bicyclic) bond motifs is 1. The average Bonchev–Trinajstić information content (AvgIpc) is 3.56. The summed E-state index contributed by atoms with van der Waals surface area (Å²) in [4.78, 5) is 31.2. The van der Waals surface area contributed by atoms with Crippen LogP contribution in [0.1, 0.15) is 39.2 Å². The van der Waals surface area contributed by atoms with Gasteiger partial charge in [0.05, 0.1) is 16.3 Å². The first-order chi connectivity index (χ1) is 19.6. The van der Waals surface area contributed by atoms with Crippen molar-refractivity contribution in [1.82, 2.24) is 9.88 Å². The molecule has 3 heterocycles. The molecule has 1 aliphatic heterocycles. The highest BCUT2D eigenvalue weighted by molar-refractivity contribution is 7.18. The van der Waals surface area contributed by atoms with Crippen LogP contribution in [0.2, 0.25) is 5.02 Å². The number of thiophene rings is 1. The predicted molar refractivity (Wildman–Crippen MR) is 166 cm³/mol. The van der Waals surface area contributed by atoms with Crippen molar-refractivity contribution in [2.24, 2.45) is 0 Å². The number of benzene rings is 2. The molecule has 210 valence electrons. The number of aromatic nitrogens is 1. The number of rotatable bonds is 3. The summed E-state index contributed by atoms with van der Waals surface area (Å²) in [7, 11) is 0. The number of pyridine rings is 1. The third kappa shape index (κ3) is 6.73. The van der Waals surface area contributed by atoms with Gasteiger partial charge in [0.1, 0.15) is 11.4 Å². The zero-order valence-corrected chi connectivity index (χ0v) is 24.5. The van der Waals surface area contributed by atoms with Gasteiger partial charge in [0.15, 0.2) is 0 Å². The molecule has 8 nitrogen and oxygen atoms in total. The van der Waals surface area contributed by atoms with Crippen LogP contribution in [-0.2, 0) is 4.74 Å². The summed E-state index contributed by atoms with van der Waals surface area (Å²) in [6.45, 7) is 6.20. The van der Waals surface area contributed by atoms with Gasteiger partial charge in [-0.1, -0.05) is 41.6 Å². The first-order valence-electron chi connectivity index (χ1n) is 13.2. The molecule has 0 unspecified atom stereocenters. The number of anilines is 3. The summed E-state index contributed by atoms with van der Waals surface area (Å²) in [6.07, 6.45) is 3.02. The summed E-state index contributed by atoms with van der Waals surface area (Å²) in [5, 5.41) is 8.99. The van der Waals surface area contributed by atoms with E-state index in [4.69, 9.17) is 22.1 Å². The van der Waals surface area contributed by atoms with Crippen LogP contribution in [0.15, 0.2) is 60.1 Å². The number of ether oxygens (including phenoxy) is 1. The number of carbonyl (C=O) groups excluding carboxylic acids is 2. The second-order valence-corrected chi connectivity index (χ2v) is 12.0. The molecule has 0 spiro atoms. The number of hydrogen-bond donors (Lipinski definition) is 3. The molecule has 0 radical (unpaired) electrons. The highest BCUT2D eigenvalue weighted by atomic mass is 35.5. The van der Waals surface area contributed by atoms with Crippen molar-refractivity contribution in [3.05, 3.63) is 70.7 Å². The van der Waals surface area contributed by atoms with E-state index < -0.39 is 5.60 Å². The fourth-order valence-corrected chi connectivity index (χ4v) is 5.82. The lowest BCUT2D eigenvalue weighted by molar-refractivity contribution is 0.0261. The van der Waals surface area contributed by atoms with E-state index >= 15 is 0 Å². The minimum Gasteiger partial charge on any atom is -0.444 e. The van der Waals surface area contributed by atoms with E-state index in [1.807, 2.05) is 50.4 Å². The summed E-state index contributed by atoms with van der Waals surface area (Å²) in [5.74, 6) is 6.94. The fourth-order valence-electron chi connectivity index (χ4n) is 4.58. The third-order valence-corrected chi connectivity index (χ3v) is 7.66. The number of carbonyl (C=O) groups is 2. The zero-order chi connectivity index (χ0) is 29.1. The first-order valence-corrected chi connectivity index (χ1v) is 14.4. The van der Waals surface area contributed by atoms with Crippen molar-refractivity contribution in [3.63, 3.8) is 0 Å². The van der Waals surface area contributed by atoms with Crippen molar-refractivity contribution in [1.29, 1.82) is 0 Å². The minimum atomic E-state index is -0.560. The molecule has 1 saturated heterocycles. The maximum atomic E-state index is 12.7. The monoisotopic (exact) mass is 587 g/mol. The zero-order valence-electron chi connectivity index (χ0n) is 23.0. The fraction of sp³-hybridized carbons (Fsp3) is 0.258. The molecule has 0 bridgehead atoms. The number of nitrogen functional groups attached to an aromatic ring is 1. The van der Waals surface area contributed by atoms with Gasteiger partial charge in [-0.05, 0) is 74.9 Å². The van der Waals surface area contributed by atoms with E-state index in [1.54, 1.807) is 46.7 Å². The Morgan fingerprint density at radius 3 is 2.63 bits per heavy atom. The minimum absolute atomic E-state index is 0.215. The molecule has 2 aromatic carbocycles. The van der Waals surface area contributed by atoms with E-state index in [1.165, 1.54) is 0 Å². The molecule has 1 aliphatic rings. The standard InChI is InChI=1S/C31H30ClN5O3S/c1-31(2,3)40-30(39)37-15-5-8-24(37)14-11-20-17-34-28(33)26-25(18-41-27(20)26)19-9-12-22(13-10-19)35-29(38)36-23-7-4-6-21(32)16-23/h4,6-7,9-10,12-13,16-18,24H,5,8,15H2,1-3H3,(H2,33,34)(H2,35,36,38)/t24-/m0/s1. The molecule has 5 rings (SSSR count). The van der Waals surface area contributed by atoms with Crippen molar-refractivity contribution < 1.29 is 14.3 Å². The maximum absolute atomic E-state index is 12.7. The highest BCUT2D eigenvalue weighted by Gasteiger charge is 2.31. The van der Waals surface area contributed by atoms with Gasteiger partial charge in [-0.3, -0.25) is 4.90 Å². The molecule has 10 heteroatoms. The Morgan fingerprint density at radius 2 is 1.90 bits per heavy atom.